The van der Waals surface area contributed by atoms with Crippen LogP contribution in [0.15, 0.2) is 48.7 Å². The minimum Gasteiger partial charge on any atom is -0.469 e. The van der Waals surface area contributed by atoms with Crippen molar-refractivity contribution < 1.29 is 29.0 Å². The van der Waals surface area contributed by atoms with Crippen LogP contribution < -0.4 is 5.32 Å². The summed E-state index contributed by atoms with van der Waals surface area (Å²) in [5.74, 6) is -0.219. The monoisotopic (exact) mass is 604 g/mol. The van der Waals surface area contributed by atoms with Crippen LogP contribution in [0.3, 0.4) is 0 Å². The van der Waals surface area contributed by atoms with E-state index in [0.29, 0.717) is 52.0 Å². The number of halogens is 1. The minimum absolute atomic E-state index is 0.111. The zero-order valence-electron chi connectivity index (χ0n) is 23.8. The summed E-state index contributed by atoms with van der Waals surface area (Å²) in [7, 11) is 1.29. The fourth-order valence-corrected chi connectivity index (χ4v) is 6.52. The molecule has 43 heavy (non-hydrogen) atoms. The molecule has 1 saturated heterocycles. The van der Waals surface area contributed by atoms with Crippen molar-refractivity contribution in [2.45, 2.75) is 50.3 Å². The second kappa shape index (κ2) is 12.4. The third-order valence-electron chi connectivity index (χ3n) is 8.58. The van der Waals surface area contributed by atoms with Crippen LogP contribution in [0.2, 0.25) is 5.02 Å². The highest BCUT2D eigenvalue weighted by atomic mass is 35.5. The molecule has 2 amide bonds. The fraction of sp³-hybridized carbons (Fsp3) is 0.406. The molecule has 224 valence electrons. The summed E-state index contributed by atoms with van der Waals surface area (Å²) in [6.45, 7) is 1.17. The van der Waals surface area contributed by atoms with E-state index < -0.39 is 30.1 Å². The van der Waals surface area contributed by atoms with Gasteiger partial charge in [-0.1, -0.05) is 48.0 Å². The van der Waals surface area contributed by atoms with Gasteiger partial charge < -0.3 is 24.8 Å². The van der Waals surface area contributed by atoms with E-state index in [4.69, 9.17) is 26.1 Å². The Labute approximate surface area is 254 Å². The second-order valence-electron chi connectivity index (χ2n) is 11.3. The first kappa shape index (κ1) is 29.2. The number of esters is 1. The van der Waals surface area contributed by atoms with Crippen LogP contribution in [0.25, 0.3) is 11.3 Å². The number of aliphatic hydroxyl groups excluding tert-OH is 1. The van der Waals surface area contributed by atoms with Crippen molar-refractivity contribution in [1.82, 2.24) is 20.2 Å². The Morgan fingerprint density at radius 1 is 1.16 bits per heavy atom. The summed E-state index contributed by atoms with van der Waals surface area (Å²) >= 11 is 6.53. The molecule has 3 heterocycles. The van der Waals surface area contributed by atoms with Crippen molar-refractivity contribution in [3.8, 4) is 11.3 Å². The van der Waals surface area contributed by atoms with Crippen molar-refractivity contribution in [1.29, 1.82) is 0 Å². The smallest absolute Gasteiger partial charge is 0.307 e. The average Bonchev–Trinajstić information content (AvgIpc) is 3.46. The number of carbonyl (C=O) groups is 3. The van der Waals surface area contributed by atoms with Gasteiger partial charge in [-0.25, -0.2) is 9.97 Å². The maximum absolute atomic E-state index is 13.8. The van der Waals surface area contributed by atoms with Gasteiger partial charge in [-0.2, -0.15) is 0 Å². The van der Waals surface area contributed by atoms with Gasteiger partial charge in [0, 0.05) is 43.4 Å². The normalized spacial score (nSPS) is 21.4. The van der Waals surface area contributed by atoms with Gasteiger partial charge in [0.15, 0.2) is 0 Å². The first-order chi connectivity index (χ1) is 20.8. The molecule has 1 aliphatic carbocycles. The molecular formula is C32H33ClN4O6. The molecule has 10 nitrogen and oxygen atoms in total. The maximum atomic E-state index is 13.8. The molecule has 1 fully saturated rings. The van der Waals surface area contributed by atoms with E-state index in [-0.39, 0.29) is 18.9 Å². The van der Waals surface area contributed by atoms with E-state index >= 15 is 0 Å². The molecule has 3 atom stereocenters. The lowest BCUT2D eigenvalue weighted by molar-refractivity contribution is -0.142. The number of carbonyl (C=O) groups excluding carboxylic acids is 3. The first-order valence-corrected chi connectivity index (χ1v) is 14.9. The molecule has 2 aliphatic heterocycles. The lowest BCUT2D eigenvalue weighted by atomic mass is 9.96. The van der Waals surface area contributed by atoms with Gasteiger partial charge in [-0.15, -0.1) is 0 Å². The number of methoxy groups -OCH3 is 1. The van der Waals surface area contributed by atoms with E-state index in [0.717, 1.165) is 37.2 Å². The number of nitrogens with one attached hydrogen (secondary N) is 1. The number of ether oxygens (including phenoxy) is 2. The fourth-order valence-electron chi connectivity index (χ4n) is 6.32. The predicted molar refractivity (Wildman–Crippen MR) is 157 cm³/mol. The molecule has 1 aromatic heterocycles. The molecule has 2 aromatic carbocycles. The largest absolute Gasteiger partial charge is 0.469 e. The highest BCUT2D eigenvalue weighted by Crippen LogP contribution is 2.39. The Morgan fingerprint density at radius 2 is 1.95 bits per heavy atom. The zero-order chi connectivity index (χ0) is 30.1. The number of fused-ring (bicyclic) bond motifs is 2. The van der Waals surface area contributed by atoms with Crippen molar-refractivity contribution in [3.63, 3.8) is 0 Å². The molecule has 1 unspecified atom stereocenters. The third-order valence-corrected chi connectivity index (χ3v) is 8.86. The van der Waals surface area contributed by atoms with Crippen LogP contribution in [0.1, 0.15) is 64.2 Å². The van der Waals surface area contributed by atoms with E-state index in [1.165, 1.54) is 12.0 Å². The number of hydrogen-bond donors (Lipinski definition) is 2. The lowest BCUT2D eigenvalue weighted by Crippen LogP contribution is -2.42. The van der Waals surface area contributed by atoms with Gasteiger partial charge in [0.1, 0.15) is 12.4 Å². The number of aliphatic hydroxyl groups is 1. The second-order valence-corrected chi connectivity index (χ2v) is 11.7. The van der Waals surface area contributed by atoms with Crippen molar-refractivity contribution >= 4 is 29.4 Å². The summed E-state index contributed by atoms with van der Waals surface area (Å²) in [6.07, 6.45) is 3.75. The Hall–Kier alpha value is -3.86. The summed E-state index contributed by atoms with van der Waals surface area (Å²) in [5, 5.41) is 13.9. The average molecular weight is 605 g/mol. The molecule has 11 heteroatoms. The van der Waals surface area contributed by atoms with Crippen LogP contribution in [0.5, 0.6) is 0 Å². The van der Waals surface area contributed by atoms with Gasteiger partial charge in [0.05, 0.1) is 42.4 Å². The van der Waals surface area contributed by atoms with E-state index in [9.17, 15) is 19.5 Å². The Balaban J connectivity index is 1.25. The van der Waals surface area contributed by atoms with Gasteiger partial charge in [-0.3, -0.25) is 14.4 Å². The number of aromatic nitrogens is 2. The Kier molecular flexibility index (Phi) is 8.43. The van der Waals surface area contributed by atoms with Gasteiger partial charge in [-0.05, 0) is 41.5 Å². The van der Waals surface area contributed by atoms with Crippen molar-refractivity contribution in [2.24, 2.45) is 5.92 Å². The Bertz CT molecular complexity index is 1560. The van der Waals surface area contributed by atoms with Crippen LogP contribution in [-0.4, -0.2) is 70.7 Å². The molecule has 0 radical (unpaired) electrons. The highest BCUT2D eigenvalue weighted by molar-refractivity contribution is 6.32. The first-order valence-electron chi connectivity index (χ1n) is 14.5. The van der Waals surface area contributed by atoms with Gasteiger partial charge in [0.2, 0.25) is 5.91 Å². The van der Waals surface area contributed by atoms with Crippen molar-refractivity contribution in [3.05, 3.63) is 81.8 Å². The molecule has 3 aromatic rings. The summed E-state index contributed by atoms with van der Waals surface area (Å²) in [4.78, 5) is 50.0. The molecule has 0 spiro atoms. The summed E-state index contributed by atoms with van der Waals surface area (Å²) in [5.41, 5.74) is 3.97. The number of amides is 2. The van der Waals surface area contributed by atoms with Crippen LogP contribution in [0, 0.1) is 5.92 Å². The quantitative estimate of drug-likeness (QED) is 0.373. The molecule has 3 aliphatic rings. The van der Waals surface area contributed by atoms with E-state index in [1.54, 1.807) is 18.3 Å². The molecule has 0 bridgehead atoms. The standard InChI is InChI=1S/C32H33ClN4O6/c1-42-29(40)15-25-22-7-6-20(30-24(33)16-34-27(35-30)12-18-8-10-43-11-9-18)13-23(22)32(41)37(25)17-28(39)36-31-21-5-3-2-4-19(21)14-26(31)38/h2-7,13,16,18,25-26,31,38H,8-12,14-15,17H2,1H3,(H,36,39)/t25?,26-,31+/m1/s1. The maximum Gasteiger partial charge on any atom is 0.307 e. The number of nitrogens with zero attached hydrogens (tertiary/aromatic N) is 3. The van der Waals surface area contributed by atoms with Gasteiger partial charge >= 0.3 is 5.97 Å². The Morgan fingerprint density at radius 3 is 2.74 bits per heavy atom. The molecule has 0 saturated carbocycles. The van der Waals surface area contributed by atoms with E-state index in [1.807, 2.05) is 30.3 Å². The topological polar surface area (TPSA) is 131 Å². The summed E-state index contributed by atoms with van der Waals surface area (Å²) < 4.78 is 10.4. The molecule has 6 rings (SSSR count). The SMILES string of the molecule is COC(=O)CC1c2ccc(-c3nc(CC4CCOCC4)ncc3Cl)cc2C(=O)N1CC(=O)N[C@H]1c2ccccc2C[C@H]1O. The zero-order valence-corrected chi connectivity index (χ0v) is 24.5. The minimum atomic E-state index is -0.768. The van der Waals surface area contributed by atoms with Gasteiger partial charge in [0.25, 0.3) is 5.91 Å². The highest BCUT2D eigenvalue weighted by Gasteiger charge is 2.40. The molecular weight excluding hydrogens is 572 g/mol. The number of rotatable bonds is 8. The molecule has 2 N–H and O–H groups in total. The van der Waals surface area contributed by atoms with E-state index in [2.05, 4.69) is 10.3 Å². The third kappa shape index (κ3) is 6.00. The lowest BCUT2D eigenvalue weighted by Gasteiger charge is -2.26. The van der Waals surface area contributed by atoms with Crippen molar-refractivity contribution in [2.75, 3.05) is 26.9 Å². The summed E-state index contributed by atoms with van der Waals surface area (Å²) in [6, 6.07) is 11.6. The van der Waals surface area contributed by atoms with Crippen LogP contribution in [-0.2, 0) is 31.9 Å². The predicted octanol–water partition coefficient (Wildman–Crippen LogP) is 3.60. The van der Waals surface area contributed by atoms with Crippen LogP contribution >= 0.6 is 11.6 Å². The van der Waals surface area contributed by atoms with Crippen LogP contribution in [0.4, 0.5) is 0 Å². The number of benzene rings is 2. The number of hydrogen-bond acceptors (Lipinski definition) is 8.